The zero-order valence-corrected chi connectivity index (χ0v) is 10.6. The molecule has 0 unspecified atom stereocenters. The average molecular weight is 249 g/mol. The summed E-state index contributed by atoms with van der Waals surface area (Å²) in [5.74, 6) is 0.657. The summed E-state index contributed by atoms with van der Waals surface area (Å²) in [6.45, 7) is 0.496. The van der Waals surface area contributed by atoms with Crippen LogP contribution in [0, 0.1) is 5.92 Å². The number of hydrogen-bond donors (Lipinski definition) is 1. The molecule has 0 heterocycles. The van der Waals surface area contributed by atoms with Crippen LogP contribution in [0.5, 0.6) is 5.75 Å². The van der Waals surface area contributed by atoms with Crippen molar-refractivity contribution in [2.45, 2.75) is 25.7 Å². The van der Waals surface area contributed by atoms with Crippen molar-refractivity contribution < 1.29 is 14.3 Å². The van der Waals surface area contributed by atoms with E-state index >= 15 is 0 Å². The first-order valence-electron chi connectivity index (χ1n) is 6.32. The normalized spacial score (nSPS) is 15.6. The third kappa shape index (κ3) is 2.75. The van der Waals surface area contributed by atoms with Crippen LogP contribution in [0.4, 0.5) is 5.69 Å². The van der Waals surface area contributed by atoms with Crippen LogP contribution in [0.3, 0.4) is 0 Å². The van der Waals surface area contributed by atoms with Gasteiger partial charge in [-0.25, -0.2) is 4.79 Å². The van der Waals surface area contributed by atoms with Crippen LogP contribution in [0.15, 0.2) is 18.2 Å². The van der Waals surface area contributed by atoms with Gasteiger partial charge in [-0.2, -0.15) is 0 Å². The number of hydrogen-bond acceptors (Lipinski definition) is 4. The van der Waals surface area contributed by atoms with Gasteiger partial charge in [0.05, 0.1) is 25.0 Å². The minimum atomic E-state index is -0.363. The molecule has 1 saturated carbocycles. The van der Waals surface area contributed by atoms with Gasteiger partial charge < -0.3 is 15.2 Å². The number of carbonyl (C=O) groups is 1. The molecule has 2 rings (SSSR count). The summed E-state index contributed by atoms with van der Waals surface area (Å²) in [6.07, 6.45) is 4.79. The topological polar surface area (TPSA) is 61.5 Å². The van der Waals surface area contributed by atoms with Gasteiger partial charge in [-0.3, -0.25) is 0 Å². The molecule has 1 aliphatic rings. The molecule has 4 nitrogen and oxygen atoms in total. The molecule has 4 heteroatoms. The van der Waals surface area contributed by atoms with Gasteiger partial charge >= 0.3 is 5.97 Å². The molecular weight excluding hydrogens is 230 g/mol. The Morgan fingerprint density at radius 3 is 2.78 bits per heavy atom. The molecule has 98 valence electrons. The van der Waals surface area contributed by atoms with Crippen LogP contribution >= 0.6 is 0 Å². The molecule has 2 N–H and O–H groups in total. The second-order valence-electron chi connectivity index (χ2n) is 4.67. The Bertz CT molecular complexity index is 425. The minimum absolute atomic E-state index is 0.344. The van der Waals surface area contributed by atoms with Gasteiger partial charge in [-0.1, -0.05) is 18.9 Å². The number of para-hydroxylation sites is 1. The van der Waals surface area contributed by atoms with Crippen LogP contribution in [0.25, 0.3) is 0 Å². The summed E-state index contributed by atoms with van der Waals surface area (Å²) in [7, 11) is 1.53. The van der Waals surface area contributed by atoms with Crippen molar-refractivity contribution in [1.82, 2.24) is 0 Å². The van der Waals surface area contributed by atoms with E-state index in [0.717, 1.165) is 12.8 Å². The SMILES string of the molecule is COc1cccc(C(=O)OCC2CCCC2)c1N. The molecule has 1 aliphatic carbocycles. The molecular formula is C14H19NO3. The van der Waals surface area contributed by atoms with E-state index in [2.05, 4.69) is 0 Å². The van der Waals surface area contributed by atoms with Crippen molar-refractivity contribution in [3.8, 4) is 5.75 Å². The van der Waals surface area contributed by atoms with E-state index in [1.165, 1.54) is 20.0 Å². The highest BCUT2D eigenvalue weighted by atomic mass is 16.5. The first kappa shape index (κ1) is 12.7. The maximum Gasteiger partial charge on any atom is 0.340 e. The van der Waals surface area contributed by atoms with Gasteiger partial charge in [-0.15, -0.1) is 0 Å². The molecule has 0 spiro atoms. The Morgan fingerprint density at radius 1 is 1.39 bits per heavy atom. The average Bonchev–Trinajstić information content (AvgIpc) is 2.89. The van der Waals surface area contributed by atoms with E-state index in [9.17, 15) is 4.79 Å². The molecule has 0 saturated heterocycles. The highest BCUT2D eigenvalue weighted by Gasteiger charge is 2.19. The number of rotatable bonds is 4. The zero-order valence-electron chi connectivity index (χ0n) is 10.6. The van der Waals surface area contributed by atoms with Crippen molar-refractivity contribution in [2.24, 2.45) is 5.92 Å². The summed E-state index contributed by atoms with van der Waals surface area (Å²) >= 11 is 0. The number of ether oxygens (including phenoxy) is 2. The first-order valence-corrected chi connectivity index (χ1v) is 6.32. The van der Waals surface area contributed by atoms with E-state index in [0.29, 0.717) is 29.5 Å². The summed E-state index contributed by atoms with van der Waals surface area (Å²) in [5.41, 5.74) is 6.58. The molecule has 1 aromatic rings. The molecule has 0 radical (unpaired) electrons. The fourth-order valence-corrected chi connectivity index (χ4v) is 2.35. The summed E-state index contributed by atoms with van der Waals surface area (Å²) < 4.78 is 10.4. The minimum Gasteiger partial charge on any atom is -0.495 e. The largest absolute Gasteiger partial charge is 0.495 e. The number of benzene rings is 1. The lowest BCUT2D eigenvalue weighted by molar-refractivity contribution is 0.0443. The molecule has 1 fully saturated rings. The van der Waals surface area contributed by atoms with E-state index in [1.807, 2.05) is 0 Å². The van der Waals surface area contributed by atoms with Crippen LogP contribution in [-0.2, 0) is 4.74 Å². The van der Waals surface area contributed by atoms with Crippen molar-refractivity contribution in [2.75, 3.05) is 19.5 Å². The fraction of sp³-hybridized carbons (Fsp3) is 0.500. The Hall–Kier alpha value is -1.71. The number of anilines is 1. The molecule has 1 aromatic carbocycles. The van der Waals surface area contributed by atoms with Crippen molar-refractivity contribution in [1.29, 1.82) is 0 Å². The smallest absolute Gasteiger partial charge is 0.340 e. The highest BCUT2D eigenvalue weighted by Crippen LogP contribution is 2.27. The third-order valence-electron chi connectivity index (χ3n) is 3.43. The Kier molecular flexibility index (Phi) is 4.07. The highest BCUT2D eigenvalue weighted by molar-refractivity contribution is 5.96. The lowest BCUT2D eigenvalue weighted by Gasteiger charge is -2.12. The van der Waals surface area contributed by atoms with Gasteiger partial charge in [0, 0.05) is 0 Å². The Morgan fingerprint density at radius 2 is 2.11 bits per heavy atom. The van der Waals surface area contributed by atoms with E-state index < -0.39 is 0 Å². The van der Waals surface area contributed by atoms with Gasteiger partial charge in [0.15, 0.2) is 0 Å². The first-order chi connectivity index (χ1) is 8.72. The van der Waals surface area contributed by atoms with Gasteiger partial charge in [0.1, 0.15) is 5.75 Å². The Balaban J connectivity index is 1.99. The zero-order chi connectivity index (χ0) is 13.0. The molecule has 0 amide bonds. The van der Waals surface area contributed by atoms with Crippen LogP contribution < -0.4 is 10.5 Å². The maximum absolute atomic E-state index is 11.9. The third-order valence-corrected chi connectivity index (χ3v) is 3.43. The van der Waals surface area contributed by atoms with Crippen LogP contribution in [-0.4, -0.2) is 19.7 Å². The van der Waals surface area contributed by atoms with Gasteiger partial charge in [-0.05, 0) is 30.9 Å². The van der Waals surface area contributed by atoms with Crippen molar-refractivity contribution >= 4 is 11.7 Å². The van der Waals surface area contributed by atoms with Crippen LogP contribution in [0.2, 0.25) is 0 Å². The predicted octanol–water partition coefficient (Wildman–Crippen LogP) is 2.62. The second-order valence-corrected chi connectivity index (χ2v) is 4.67. The van der Waals surface area contributed by atoms with E-state index in [-0.39, 0.29) is 5.97 Å². The van der Waals surface area contributed by atoms with Crippen molar-refractivity contribution in [3.63, 3.8) is 0 Å². The summed E-state index contributed by atoms with van der Waals surface area (Å²) in [6, 6.07) is 5.12. The predicted molar refractivity (Wildman–Crippen MR) is 69.6 cm³/mol. The fourth-order valence-electron chi connectivity index (χ4n) is 2.35. The summed E-state index contributed by atoms with van der Waals surface area (Å²) in [4.78, 5) is 11.9. The van der Waals surface area contributed by atoms with Gasteiger partial charge in [0.2, 0.25) is 0 Å². The number of esters is 1. The lowest BCUT2D eigenvalue weighted by atomic mass is 10.1. The molecule has 0 aliphatic heterocycles. The quantitative estimate of drug-likeness (QED) is 0.658. The molecule has 18 heavy (non-hydrogen) atoms. The van der Waals surface area contributed by atoms with Gasteiger partial charge in [0.25, 0.3) is 0 Å². The second kappa shape index (κ2) is 5.76. The maximum atomic E-state index is 11.9. The number of methoxy groups -OCH3 is 1. The monoisotopic (exact) mass is 249 g/mol. The number of carbonyl (C=O) groups excluding carboxylic acids is 1. The van der Waals surface area contributed by atoms with E-state index in [1.54, 1.807) is 18.2 Å². The molecule has 0 aromatic heterocycles. The molecule has 0 atom stereocenters. The standard InChI is InChI=1S/C14H19NO3/c1-17-12-8-4-7-11(13(12)15)14(16)18-9-10-5-2-3-6-10/h4,7-8,10H,2-3,5-6,9,15H2,1H3. The Labute approximate surface area is 107 Å². The number of nitrogens with two attached hydrogens (primary N) is 1. The molecule has 0 bridgehead atoms. The van der Waals surface area contributed by atoms with E-state index in [4.69, 9.17) is 15.2 Å². The van der Waals surface area contributed by atoms with Crippen LogP contribution in [0.1, 0.15) is 36.0 Å². The summed E-state index contributed by atoms with van der Waals surface area (Å²) in [5, 5.41) is 0. The lowest BCUT2D eigenvalue weighted by Crippen LogP contribution is -2.13. The number of nitrogen functional groups attached to an aromatic ring is 1. The van der Waals surface area contributed by atoms with Crippen molar-refractivity contribution in [3.05, 3.63) is 23.8 Å².